The Morgan fingerprint density at radius 2 is 2.06 bits per heavy atom. The van der Waals surface area contributed by atoms with Crippen molar-refractivity contribution in [2.24, 2.45) is 12.5 Å². The van der Waals surface area contributed by atoms with Crippen molar-refractivity contribution in [3.63, 3.8) is 0 Å². The largest absolute Gasteiger partial charge is 0.495 e. The second kappa shape index (κ2) is 8.64. The molecule has 0 bridgehead atoms. The van der Waals surface area contributed by atoms with Crippen LogP contribution in [0.4, 0.5) is 17.5 Å². The van der Waals surface area contributed by atoms with Gasteiger partial charge in [0.1, 0.15) is 11.3 Å². The van der Waals surface area contributed by atoms with Crippen LogP contribution in [0.5, 0.6) is 5.75 Å². The van der Waals surface area contributed by atoms with Crippen LogP contribution < -0.4 is 15.4 Å². The van der Waals surface area contributed by atoms with E-state index in [0.717, 1.165) is 22.2 Å². The molecule has 3 N–H and O–H groups in total. The van der Waals surface area contributed by atoms with E-state index in [1.54, 1.807) is 24.2 Å². The van der Waals surface area contributed by atoms with Crippen LogP contribution in [0.1, 0.15) is 0 Å². The maximum absolute atomic E-state index is 9.69. The standard InChI is InChI=1S/C23H25N7O3/c1-30-10-17(9-27-30)15-3-4-18(19(7-15)32-2)28-22-25-8-16-5-6-24-21(20(16)29-22)26-11-23(12-31)13-33-14-23/h3-10,31H,11-14H2,1-2H3,(H,24,26)(H,25,28,29). The normalized spacial score (nSPS) is 14.6. The quantitative estimate of drug-likeness (QED) is 0.374. The van der Waals surface area contributed by atoms with Crippen LogP contribution in [-0.2, 0) is 11.8 Å². The summed E-state index contributed by atoms with van der Waals surface area (Å²) in [5.41, 5.74) is 3.16. The molecule has 33 heavy (non-hydrogen) atoms. The van der Waals surface area contributed by atoms with Gasteiger partial charge in [0, 0.05) is 43.1 Å². The first-order chi connectivity index (χ1) is 16.1. The van der Waals surface area contributed by atoms with Gasteiger partial charge in [-0.15, -0.1) is 0 Å². The number of pyridine rings is 1. The molecule has 1 aliphatic rings. The van der Waals surface area contributed by atoms with Crippen molar-refractivity contribution >= 4 is 28.4 Å². The number of hydrogen-bond donors (Lipinski definition) is 3. The van der Waals surface area contributed by atoms with E-state index in [0.29, 0.717) is 42.8 Å². The molecule has 5 rings (SSSR count). The summed E-state index contributed by atoms with van der Waals surface area (Å²) in [7, 11) is 3.51. The third kappa shape index (κ3) is 4.18. The summed E-state index contributed by atoms with van der Waals surface area (Å²) >= 11 is 0. The molecule has 170 valence electrons. The van der Waals surface area contributed by atoms with Gasteiger partial charge in [-0.2, -0.15) is 5.10 Å². The molecule has 0 amide bonds. The molecule has 1 saturated heterocycles. The summed E-state index contributed by atoms with van der Waals surface area (Å²) in [6.45, 7) is 1.66. The van der Waals surface area contributed by atoms with Crippen LogP contribution in [0, 0.1) is 5.41 Å². The minimum absolute atomic E-state index is 0.0569. The van der Waals surface area contributed by atoms with E-state index in [9.17, 15) is 5.11 Å². The predicted octanol–water partition coefficient (Wildman–Crippen LogP) is 2.60. The Bertz CT molecular complexity index is 1280. The zero-order valence-corrected chi connectivity index (χ0v) is 18.4. The molecule has 4 aromatic rings. The summed E-state index contributed by atoms with van der Waals surface area (Å²) in [5.74, 6) is 1.73. The first-order valence-corrected chi connectivity index (χ1v) is 10.6. The molecule has 1 aliphatic heterocycles. The van der Waals surface area contributed by atoms with E-state index in [1.165, 1.54) is 0 Å². The van der Waals surface area contributed by atoms with Gasteiger partial charge < -0.3 is 25.2 Å². The van der Waals surface area contributed by atoms with Crippen molar-refractivity contribution in [1.82, 2.24) is 24.7 Å². The number of aliphatic hydroxyl groups excluding tert-OH is 1. The van der Waals surface area contributed by atoms with Gasteiger partial charge >= 0.3 is 0 Å². The second-order valence-corrected chi connectivity index (χ2v) is 8.24. The van der Waals surface area contributed by atoms with Gasteiger partial charge in [-0.25, -0.2) is 15.0 Å². The fourth-order valence-corrected chi connectivity index (χ4v) is 3.72. The Morgan fingerprint density at radius 1 is 1.18 bits per heavy atom. The lowest BCUT2D eigenvalue weighted by molar-refractivity contribution is -0.128. The number of anilines is 3. The van der Waals surface area contributed by atoms with E-state index in [4.69, 9.17) is 14.5 Å². The zero-order valence-electron chi connectivity index (χ0n) is 18.4. The number of aliphatic hydroxyl groups is 1. The maximum atomic E-state index is 9.69. The number of ether oxygens (including phenoxy) is 2. The first-order valence-electron chi connectivity index (χ1n) is 10.6. The Morgan fingerprint density at radius 3 is 2.76 bits per heavy atom. The molecule has 1 fully saturated rings. The molecule has 0 aliphatic carbocycles. The van der Waals surface area contributed by atoms with Gasteiger partial charge in [0.05, 0.1) is 44.2 Å². The zero-order chi connectivity index (χ0) is 22.8. The molecular weight excluding hydrogens is 422 g/mol. The SMILES string of the molecule is COc1cc(-c2cnn(C)c2)ccc1Nc1ncc2ccnc(NCC3(CO)COC3)c2n1. The Kier molecular flexibility index (Phi) is 5.53. The molecule has 3 aromatic heterocycles. The fraction of sp³-hybridized carbons (Fsp3) is 0.304. The van der Waals surface area contributed by atoms with Crippen molar-refractivity contribution in [3.05, 3.63) is 49.1 Å². The van der Waals surface area contributed by atoms with Gasteiger partial charge in [0.15, 0.2) is 5.82 Å². The number of aromatic nitrogens is 5. The van der Waals surface area contributed by atoms with Gasteiger partial charge in [0.2, 0.25) is 5.95 Å². The lowest BCUT2D eigenvalue weighted by Gasteiger charge is -2.39. The molecule has 0 saturated carbocycles. The fourth-order valence-electron chi connectivity index (χ4n) is 3.72. The number of aryl methyl sites for hydroxylation is 1. The number of benzene rings is 1. The van der Waals surface area contributed by atoms with E-state index >= 15 is 0 Å². The molecule has 10 nitrogen and oxygen atoms in total. The van der Waals surface area contributed by atoms with Crippen LogP contribution in [0.25, 0.3) is 22.0 Å². The minimum atomic E-state index is -0.276. The van der Waals surface area contributed by atoms with Gasteiger partial charge in [-0.05, 0) is 23.8 Å². The van der Waals surface area contributed by atoms with Crippen LogP contribution in [0.3, 0.4) is 0 Å². The number of fused-ring (bicyclic) bond motifs is 1. The highest BCUT2D eigenvalue weighted by Crippen LogP contribution is 2.33. The summed E-state index contributed by atoms with van der Waals surface area (Å²) in [6.07, 6.45) is 7.23. The Hall–Kier alpha value is -3.76. The summed E-state index contributed by atoms with van der Waals surface area (Å²) in [5, 5.41) is 21.3. The third-order valence-electron chi connectivity index (χ3n) is 5.77. The summed E-state index contributed by atoms with van der Waals surface area (Å²) in [6, 6.07) is 7.73. The Labute approximate surface area is 190 Å². The smallest absolute Gasteiger partial charge is 0.227 e. The van der Waals surface area contributed by atoms with E-state index in [1.807, 2.05) is 43.7 Å². The monoisotopic (exact) mass is 447 g/mol. The average molecular weight is 447 g/mol. The van der Waals surface area contributed by atoms with Crippen LogP contribution >= 0.6 is 0 Å². The topological polar surface area (TPSA) is 119 Å². The molecule has 0 spiro atoms. The van der Waals surface area contributed by atoms with Gasteiger partial charge in [-0.1, -0.05) is 6.07 Å². The van der Waals surface area contributed by atoms with Crippen LogP contribution in [0.2, 0.25) is 0 Å². The maximum Gasteiger partial charge on any atom is 0.227 e. The van der Waals surface area contributed by atoms with Crippen molar-refractivity contribution in [1.29, 1.82) is 0 Å². The van der Waals surface area contributed by atoms with Crippen molar-refractivity contribution in [2.45, 2.75) is 0 Å². The number of methoxy groups -OCH3 is 1. The molecule has 1 aromatic carbocycles. The lowest BCUT2D eigenvalue weighted by Crippen LogP contribution is -2.50. The van der Waals surface area contributed by atoms with E-state index < -0.39 is 0 Å². The van der Waals surface area contributed by atoms with Crippen molar-refractivity contribution in [2.75, 3.05) is 44.1 Å². The third-order valence-corrected chi connectivity index (χ3v) is 5.77. The molecular formula is C23H25N7O3. The molecule has 10 heteroatoms. The van der Waals surface area contributed by atoms with Crippen LogP contribution in [-0.4, -0.2) is 63.3 Å². The molecule has 0 atom stereocenters. The Balaban J connectivity index is 1.41. The van der Waals surface area contributed by atoms with E-state index in [-0.39, 0.29) is 12.0 Å². The number of rotatable bonds is 8. The first kappa shape index (κ1) is 21.1. The minimum Gasteiger partial charge on any atom is -0.495 e. The molecule has 4 heterocycles. The van der Waals surface area contributed by atoms with Gasteiger partial charge in [-0.3, -0.25) is 4.68 Å². The summed E-state index contributed by atoms with van der Waals surface area (Å²) < 4.78 is 12.6. The van der Waals surface area contributed by atoms with Crippen molar-refractivity contribution in [3.8, 4) is 16.9 Å². The number of nitrogens with zero attached hydrogens (tertiary/aromatic N) is 5. The highest BCUT2D eigenvalue weighted by molar-refractivity contribution is 5.88. The predicted molar refractivity (Wildman–Crippen MR) is 125 cm³/mol. The van der Waals surface area contributed by atoms with E-state index in [2.05, 4.69) is 25.7 Å². The average Bonchev–Trinajstić information content (AvgIpc) is 3.25. The number of nitrogens with one attached hydrogen (secondary N) is 2. The molecule has 0 unspecified atom stereocenters. The highest BCUT2D eigenvalue weighted by atomic mass is 16.5. The van der Waals surface area contributed by atoms with Crippen molar-refractivity contribution < 1.29 is 14.6 Å². The second-order valence-electron chi connectivity index (χ2n) is 8.24. The highest BCUT2D eigenvalue weighted by Gasteiger charge is 2.38. The molecule has 0 radical (unpaired) electrons. The van der Waals surface area contributed by atoms with Gasteiger partial charge in [0.25, 0.3) is 0 Å². The lowest BCUT2D eigenvalue weighted by atomic mass is 9.87. The number of hydrogen-bond acceptors (Lipinski definition) is 9. The van der Waals surface area contributed by atoms with Crippen LogP contribution in [0.15, 0.2) is 49.1 Å². The summed E-state index contributed by atoms with van der Waals surface area (Å²) in [4.78, 5) is 13.6.